The van der Waals surface area contributed by atoms with Gasteiger partial charge in [-0.3, -0.25) is 0 Å². The summed E-state index contributed by atoms with van der Waals surface area (Å²) >= 11 is 1.60. The van der Waals surface area contributed by atoms with E-state index in [1.165, 1.54) is 0 Å². The Bertz CT molecular complexity index is 963. The molecule has 0 bridgehead atoms. The van der Waals surface area contributed by atoms with E-state index in [1.807, 2.05) is 48.5 Å². The predicted octanol–water partition coefficient (Wildman–Crippen LogP) is 4.08. The fourth-order valence-corrected chi connectivity index (χ4v) is 3.97. The van der Waals surface area contributed by atoms with Gasteiger partial charge >= 0.3 is 0 Å². The highest BCUT2D eigenvalue weighted by molar-refractivity contribution is 7.18. The van der Waals surface area contributed by atoms with E-state index in [-0.39, 0.29) is 0 Å². The molecule has 6 nitrogen and oxygen atoms in total. The molecule has 0 unspecified atom stereocenters. The molecule has 7 heteroatoms. The van der Waals surface area contributed by atoms with Gasteiger partial charge in [-0.15, -0.1) is 16.4 Å². The minimum Gasteiger partial charge on any atom is -0.496 e. The third kappa shape index (κ3) is 2.82. The number of aromatic nitrogens is 4. The number of para-hydroxylation sites is 2. The van der Waals surface area contributed by atoms with Crippen molar-refractivity contribution in [2.75, 3.05) is 14.2 Å². The lowest BCUT2D eigenvalue weighted by atomic mass is 10.0. The largest absolute Gasteiger partial charge is 0.496 e. The lowest BCUT2D eigenvalue weighted by molar-refractivity contribution is 0.416. The minimum atomic E-state index is 0.810. The number of hydrogen-bond donors (Lipinski definition) is 0. The smallest absolute Gasteiger partial charge is 0.144 e. The third-order valence-corrected chi connectivity index (χ3v) is 5.20. The normalized spacial score (nSPS) is 10.7. The van der Waals surface area contributed by atoms with Crippen molar-refractivity contribution in [3.63, 3.8) is 0 Å². The highest BCUT2D eigenvalue weighted by Gasteiger charge is 2.19. The molecule has 26 heavy (non-hydrogen) atoms. The van der Waals surface area contributed by atoms with Crippen LogP contribution in [0.1, 0.15) is 0 Å². The molecule has 0 saturated carbocycles. The molecular formula is C19H16N4O2S. The maximum atomic E-state index is 5.58. The second kappa shape index (κ2) is 6.97. The molecule has 130 valence electrons. The lowest BCUT2D eigenvalue weighted by Crippen LogP contribution is -1.91. The summed E-state index contributed by atoms with van der Waals surface area (Å²) < 4.78 is 12.8. The van der Waals surface area contributed by atoms with Crippen LogP contribution in [0.5, 0.6) is 11.5 Å². The molecule has 0 fully saturated rings. The molecular weight excluding hydrogens is 348 g/mol. The van der Waals surface area contributed by atoms with Gasteiger partial charge < -0.3 is 9.47 Å². The number of ether oxygens (including phenoxy) is 2. The van der Waals surface area contributed by atoms with Crippen molar-refractivity contribution in [3.05, 3.63) is 60.9 Å². The Kier molecular flexibility index (Phi) is 4.37. The molecule has 2 aromatic carbocycles. The van der Waals surface area contributed by atoms with Gasteiger partial charge in [-0.25, -0.2) is 0 Å². The van der Waals surface area contributed by atoms with Gasteiger partial charge in [0.25, 0.3) is 0 Å². The monoisotopic (exact) mass is 364 g/mol. The summed E-state index contributed by atoms with van der Waals surface area (Å²) in [5, 5.41) is 12.4. The number of rotatable bonds is 5. The highest BCUT2D eigenvalue weighted by Crippen LogP contribution is 2.46. The molecule has 4 rings (SSSR count). The van der Waals surface area contributed by atoms with Crippen LogP contribution in [-0.2, 0) is 0 Å². The Morgan fingerprint density at radius 2 is 1.50 bits per heavy atom. The Labute approximate surface area is 154 Å². The Morgan fingerprint density at radius 3 is 2.15 bits per heavy atom. The molecule has 0 saturated heterocycles. The first-order valence-electron chi connectivity index (χ1n) is 7.96. The van der Waals surface area contributed by atoms with E-state index < -0.39 is 0 Å². The number of hydrogen-bond acceptors (Lipinski definition) is 6. The van der Waals surface area contributed by atoms with E-state index in [0.717, 1.165) is 38.1 Å². The summed E-state index contributed by atoms with van der Waals surface area (Å²) in [5.74, 6) is 1.62. The maximum absolute atomic E-state index is 5.58. The minimum absolute atomic E-state index is 0.810. The Morgan fingerprint density at radius 1 is 0.846 bits per heavy atom. The molecule has 2 aromatic heterocycles. The van der Waals surface area contributed by atoms with Gasteiger partial charge in [-0.1, -0.05) is 30.3 Å². The number of thiophene rings is 1. The predicted molar refractivity (Wildman–Crippen MR) is 101 cm³/mol. The Hall–Kier alpha value is -3.19. The zero-order valence-corrected chi connectivity index (χ0v) is 15.1. The van der Waals surface area contributed by atoms with Crippen molar-refractivity contribution in [1.82, 2.24) is 20.2 Å². The van der Waals surface area contributed by atoms with Crippen LogP contribution in [0, 0.1) is 0 Å². The number of tetrazole rings is 1. The summed E-state index contributed by atoms with van der Waals surface area (Å²) in [6.45, 7) is 0. The van der Waals surface area contributed by atoms with Crippen molar-refractivity contribution in [1.29, 1.82) is 0 Å². The van der Waals surface area contributed by atoms with E-state index in [2.05, 4.69) is 21.6 Å². The van der Waals surface area contributed by atoms with E-state index in [4.69, 9.17) is 9.47 Å². The number of methoxy groups -OCH3 is 2. The van der Waals surface area contributed by atoms with Crippen molar-refractivity contribution in [3.8, 4) is 38.1 Å². The van der Waals surface area contributed by atoms with Crippen LogP contribution < -0.4 is 9.47 Å². The third-order valence-electron chi connectivity index (χ3n) is 4.04. The van der Waals surface area contributed by atoms with Gasteiger partial charge in [0, 0.05) is 21.6 Å². The zero-order chi connectivity index (χ0) is 17.9. The molecule has 0 atom stereocenters. The first-order chi connectivity index (χ1) is 12.8. The van der Waals surface area contributed by atoms with E-state index in [9.17, 15) is 0 Å². The van der Waals surface area contributed by atoms with Crippen LogP contribution in [0.15, 0.2) is 60.9 Å². The fraction of sp³-hybridized carbons (Fsp3) is 0.105. The van der Waals surface area contributed by atoms with Crippen LogP contribution in [-0.4, -0.2) is 34.4 Å². The summed E-state index contributed by atoms with van der Waals surface area (Å²) in [6.07, 6.45) is 1.59. The van der Waals surface area contributed by atoms with Gasteiger partial charge in [0.1, 0.15) is 22.8 Å². The standard InChI is InChI=1S/C19H16N4O2S/c1-24-16-9-5-3-7-13(16)15-11-18(23-12-20-21-22-23)26-19(15)14-8-4-6-10-17(14)25-2/h3-12H,1-2H3. The van der Waals surface area contributed by atoms with E-state index >= 15 is 0 Å². The Balaban J connectivity index is 1.98. The van der Waals surface area contributed by atoms with Gasteiger partial charge in [0.05, 0.1) is 14.2 Å². The van der Waals surface area contributed by atoms with Gasteiger partial charge in [0.2, 0.25) is 0 Å². The topological polar surface area (TPSA) is 62.1 Å². The lowest BCUT2D eigenvalue weighted by Gasteiger charge is -2.11. The zero-order valence-electron chi connectivity index (χ0n) is 14.3. The molecule has 0 aliphatic rings. The first-order valence-corrected chi connectivity index (χ1v) is 8.77. The van der Waals surface area contributed by atoms with Crippen LogP contribution in [0.4, 0.5) is 0 Å². The molecule has 2 heterocycles. The summed E-state index contributed by atoms with van der Waals surface area (Å²) in [5.41, 5.74) is 3.06. The number of nitrogens with zero attached hydrogens (tertiary/aromatic N) is 4. The van der Waals surface area contributed by atoms with Crippen molar-refractivity contribution in [2.24, 2.45) is 0 Å². The van der Waals surface area contributed by atoms with Crippen molar-refractivity contribution >= 4 is 11.3 Å². The van der Waals surface area contributed by atoms with E-state index in [1.54, 1.807) is 36.6 Å². The molecule has 0 N–H and O–H groups in total. The van der Waals surface area contributed by atoms with Gasteiger partial charge in [0.15, 0.2) is 0 Å². The SMILES string of the molecule is COc1ccccc1-c1cc(-n2cnnn2)sc1-c1ccccc1OC. The van der Waals surface area contributed by atoms with E-state index in [0.29, 0.717) is 0 Å². The van der Waals surface area contributed by atoms with Crippen molar-refractivity contribution < 1.29 is 9.47 Å². The quantitative estimate of drug-likeness (QED) is 0.534. The molecule has 0 aliphatic carbocycles. The second-order valence-electron chi connectivity index (χ2n) is 5.48. The van der Waals surface area contributed by atoms with Crippen LogP contribution in [0.3, 0.4) is 0 Å². The molecule has 0 spiro atoms. The second-order valence-corrected chi connectivity index (χ2v) is 6.51. The van der Waals surface area contributed by atoms with Crippen LogP contribution in [0.2, 0.25) is 0 Å². The van der Waals surface area contributed by atoms with Crippen molar-refractivity contribution in [2.45, 2.75) is 0 Å². The summed E-state index contributed by atoms with van der Waals surface area (Å²) in [7, 11) is 3.35. The van der Waals surface area contributed by atoms with Crippen LogP contribution in [0.25, 0.3) is 26.6 Å². The average molecular weight is 364 g/mol. The summed E-state index contributed by atoms with van der Waals surface area (Å²) in [6, 6.07) is 18.0. The average Bonchev–Trinajstić information content (AvgIpc) is 3.37. The fourth-order valence-electron chi connectivity index (χ4n) is 2.85. The molecule has 0 aliphatic heterocycles. The van der Waals surface area contributed by atoms with Crippen LogP contribution >= 0.6 is 11.3 Å². The molecule has 0 amide bonds. The van der Waals surface area contributed by atoms with Gasteiger partial charge in [-0.2, -0.15) is 4.68 Å². The maximum Gasteiger partial charge on any atom is 0.144 e. The molecule has 0 radical (unpaired) electrons. The van der Waals surface area contributed by atoms with Gasteiger partial charge in [-0.05, 0) is 34.7 Å². The first kappa shape index (κ1) is 16.3. The molecule has 4 aromatic rings. The number of benzene rings is 2. The summed E-state index contributed by atoms with van der Waals surface area (Å²) in [4.78, 5) is 1.07. The highest BCUT2D eigenvalue weighted by atomic mass is 32.1.